The van der Waals surface area contributed by atoms with Crippen LogP contribution in [0, 0.1) is 0 Å². The van der Waals surface area contributed by atoms with E-state index in [0.717, 1.165) is 9.99 Å². The highest BCUT2D eigenvalue weighted by atomic mass is 35.5. The number of ether oxygens (including phenoxy) is 1. The summed E-state index contributed by atoms with van der Waals surface area (Å²) in [4.78, 5) is 13.2. The van der Waals surface area contributed by atoms with E-state index in [9.17, 15) is 13.2 Å². The van der Waals surface area contributed by atoms with Gasteiger partial charge < -0.3 is 10.1 Å². The van der Waals surface area contributed by atoms with Crippen LogP contribution in [0.3, 0.4) is 0 Å². The van der Waals surface area contributed by atoms with Crippen molar-refractivity contribution in [2.45, 2.75) is 31.6 Å². The van der Waals surface area contributed by atoms with Crippen LogP contribution in [0.1, 0.15) is 42.7 Å². The molecule has 1 N–H and O–H groups in total. The van der Waals surface area contributed by atoms with Crippen molar-refractivity contribution in [2.75, 3.05) is 26.0 Å². The van der Waals surface area contributed by atoms with E-state index in [2.05, 4.69) is 10.4 Å². The number of nitrogens with zero attached hydrogens (tertiary/aromatic N) is 3. The molecule has 0 unspecified atom stereocenters. The summed E-state index contributed by atoms with van der Waals surface area (Å²) in [6, 6.07) is 11.7. The van der Waals surface area contributed by atoms with Crippen molar-refractivity contribution in [3.63, 3.8) is 0 Å². The van der Waals surface area contributed by atoms with Gasteiger partial charge in [0.2, 0.25) is 10.0 Å². The fourth-order valence-electron chi connectivity index (χ4n) is 3.36. The highest BCUT2D eigenvalue weighted by Crippen LogP contribution is 2.30. The summed E-state index contributed by atoms with van der Waals surface area (Å²) in [5, 5.41) is 7.76. The zero-order chi connectivity index (χ0) is 24.3. The summed E-state index contributed by atoms with van der Waals surface area (Å²) in [6.07, 6.45) is 1.50. The van der Waals surface area contributed by atoms with Crippen LogP contribution in [0.25, 0.3) is 5.69 Å². The molecule has 0 saturated heterocycles. The standard InChI is InChI=1S/C23H27ClN4O4S/c1-6-32-20-11-10-17(13-21(20)33(30,31)27(4)5)26-23(29)19-14-25-28(22(19)15(2)3)18-9-7-8-16(24)12-18/h7-15H,6H2,1-5H3,(H,26,29). The second-order valence-corrected chi connectivity index (χ2v) is 10.4. The zero-order valence-electron chi connectivity index (χ0n) is 19.2. The van der Waals surface area contributed by atoms with Gasteiger partial charge in [0.15, 0.2) is 0 Å². The minimum Gasteiger partial charge on any atom is -0.492 e. The predicted molar refractivity (Wildman–Crippen MR) is 129 cm³/mol. The maximum Gasteiger partial charge on any atom is 0.259 e. The molecule has 0 saturated carbocycles. The predicted octanol–water partition coefficient (Wildman–Crippen LogP) is 4.55. The molecule has 8 nitrogen and oxygen atoms in total. The van der Waals surface area contributed by atoms with Gasteiger partial charge in [-0.05, 0) is 49.2 Å². The molecule has 33 heavy (non-hydrogen) atoms. The van der Waals surface area contributed by atoms with E-state index in [-0.39, 0.29) is 16.6 Å². The van der Waals surface area contributed by atoms with Crippen molar-refractivity contribution >= 4 is 33.2 Å². The van der Waals surface area contributed by atoms with E-state index >= 15 is 0 Å². The van der Waals surface area contributed by atoms with E-state index in [4.69, 9.17) is 16.3 Å². The summed E-state index contributed by atoms with van der Waals surface area (Å²) in [7, 11) is -0.902. The van der Waals surface area contributed by atoms with Crippen molar-refractivity contribution in [3.05, 3.63) is 64.9 Å². The van der Waals surface area contributed by atoms with Crippen molar-refractivity contribution in [3.8, 4) is 11.4 Å². The van der Waals surface area contributed by atoms with Gasteiger partial charge in [-0.1, -0.05) is 31.5 Å². The number of amides is 1. The SMILES string of the molecule is CCOc1ccc(NC(=O)c2cnn(-c3cccc(Cl)c3)c2C(C)C)cc1S(=O)(=O)N(C)C. The number of sulfonamides is 1. The van der Waals surface area contributed by atoms with Crippen molar-refractivity contribution in [1.82, 2.24) is 14.1 Å². The zero-order valence-corrected chi connectivity index (χ0v) is 20.7. The largest absolute Gasteiger partial charge is 0.492 e. The summed E-state index contributed by atoms with van der Waals surface area (Å²) in [5.41, 5.74) is 2.16. The fraction of sp³-hybridized carbons (Fsp3) is 0.304. The first kappa shape index (κ1) is 24.8. The number of anilines is 1. The van der Waals surface area contributed by atoms with Gasteiger partial charge >= 0.3 is 0 Å². The molecule has 10 heteroatoms. The first-order valence-corrected chi connectivity index (χ1v) is 12.2. The minimum absolute atomic E-state index is 0.0164. The summed E-state index contributed by atoms with van der Waals surface area (Å²) >= 11 is 6.13. The number of rotatable bonds is 8. The van der Waals surface area contributed by atoms with E-state index < -0.39 is 15.9 Å². The van der Waals surface area contributed by atoms with E-state index in [0.29, 0.717) is 28.6 Å². The summed E-state index contributed by atoms with van der Waals surface area (Å²) in [5.74, 6) is -0.192. The first-order chi connectivity index (χ1) is 15.6. The highest BCUT2D eigenvalue weighted by molar-refractivity contribution is 7.89. The average Bonchev–Trinajstić information content (AvgIpc) is 3.20. The molecule has 176 valence electrons. The first-order valence-electron chi connectivity index (χ1n) is 10.4. The number of carbonyl (C=O) groups excluding carboxylic acids is 1. The topological polar surface area (TPSA) is 93.5 Å². The van der Waals surface area contributed by atoms with Gasteiger partial charge in [-0.3, -0.25) is 4.79 Å². The number of nitrogens with one attached hydrogen (secondary N) is 1. The monoisotopic (exact) mass is 490 g/mol. The highest BCUT2D eigenvalue weighted by Gasteiger charge is 2.25. The number of hydrogen-bond acceptors (Lipinski definition) is 5. The molecule has 0 bridgehead atoms. The van der Waals surface area contributed by atoms with Gasteiger partial charge in [0.25, 0.3) is 5.91 Å². The van der Waals surface area contributed by atoms with Crippen LogP contribution < -0.4 is 10.1 Å². The Balaban J connectivity index is 2.00. The lowest BCUT2D eigenvalue weighted by molar-refractivity contribution is 0.102. The van der Waals surface area contributed by atoms with E-state index in [1.165, 1.54) is 32.4 Å². The Hall–Kier alpha value is -2.88. The molecule has 0 radical (unpaired) electrons. The van der Waals surface area contributed by atoms with Crippen LogP contribution in [0.2, 0.25) is 5.02 Å². The second kappa shape index (κ2) is 9.94. The Morgan fingerprint density at radius 2 is 1.94 bits per heavy atom. The molecule has 3 aromatic rings. The van der Waals surface area contributed by atoms with Crippen LogP contribution in [-0.2, 0) is 10.0 Å². The Bertz CT molecular complexity index is 1270. The van der Waals surface area contributed by atoms with Crippen molar-refractivity contribution < 1.29 is 17.9 Å². The number of carbonyl (C=O) groups is 1. The van der Waals surface area contributed by atoms with Gasteiger partial charge in [-0.2, -0.15) is 5.10 Å². The molecule has 0 atom stereocenters. The van der Waals surface area contributed by atoms with Crippen molar-refractivity contribution in [1.29, 1.82) is 0 Å². The Morgan fingerprint density at radius 1 is 1.21 bits per heavy atom. The number of hydrogen-bond donors (Lipinski definition) is 1. The maximum absolute atomic E-state index is 13.2. The minimum atomic E-state index is -3.78. The molecule has 1 aromatic heterocycles. The molecule has 1 heterocycles. The van der Waals surface area contributed by atoms with Crippen molar-refractivity contribution in [2.24, 2.45) is 0 Å². The maximum atomic E-state index is 13.2. The number of halogens is 1. The summed E-state index contributed by atoms with van der Waals surface area (Å²) < 4.78 is 33.8. The van der Waals surface area contributed by atoms with Gasteiger partial charge in [0.1, 0.15) is 10.6 Å². The van der Waals surface area contributed by atoms with Crippen LogP contribution in [-0.4, -0.2) is 49.1 Å². The lowest BCUT2D eigenvalue weighted by atomic mass is 10.0. The van der Waals surface area contributed by atoms with E-state index in [1.54, 1.807) is 29.8 Å². The Labute approximate surface area is 199 Å². The third kappa shape index (κ3) is 5.21. The quantitative estimate of drug-likeness (QED) is 0.500. The molecule has 0 fully saturated rings. The molecule has 0 spiro atoms. The van der Waals surface area contributed by atoms with Crippen LogP contribution in [0.5, 0.6) is 5.75 Å². The lowest BCUT2D eigenvalue weighted by Crippen LogP contribution is -2.23. The normalized spacial score (nSPS) is 11.8. The smallest absolute Gasteiger partial charge is 0.259 e. The lowest BCUT2D eigenvalue weighted by Gasteiger charge is -2.17. The third-order valence-electron chi connectivity index (χ3n) is 4.91. The van der Waals surface area contributed by atoms with Gasteiger partial charge in [0.05, 0.1) is 29.7 Å². The molecule has 2 aromatic carbocycles. The van der Waals surface area contributed by atoms with Gasteiger partial charge in [-0.15, -0.1) is 0 Å². The third-order valence-corrected chi connectivity index (χ3v) is 6.98. The molecule has 0 aliphatic carbocycles. The van der Waals surface area contributed by atoms with Gasteiger partial charge in [-0.25, -0.2) is 17.4 Å². The number of benzene rings is 2. The van der Waals surface area contributed by atoms with Crippen LogP contribution >= 0.6 is 11.6 Å². The average molecular weight is 491 g/mol. The Kier molecular flexibility index (Phi) is 7.46. The molecular weight excluding hydrogens is 464 g/mol. The van der Waals surface area contributed by atoms with E-state index in [1.807, 2.05) is 26.0 Å². The molecule has 0 aliphatic rings. The van der Waals surface area contributed by atoms with Crippen LogP contribution in [0.15, 0.2) is 53.6 Å². The van der Waals surface area contributed by atoms with Gasteiger partial charge in [0, 0.05) is 24.8 Å². The molecule has 3 rings (SSSR count). The molecular formula is C23H27ClN4O4S. The van der Waals surface area contributed by atoms with Crippen LogP contribution in [0.4, 0.5) is 5.69 Å². The fourth-order valence-corrected chi connectivity index (χ4v) is 4.59. The Morgan fingerprint density at radius 3 is 2.55 bits per heavy atom. The molecule has 0 aliphatic heterocycles. The molecule has 1 amide bonds. The second-order valence-electron chi connectivity index (χ2n) is 7.83. The number of aromatic nitrogens is 2. The summed E-state index contributed by atoms with van der Waals surface area (Å²) in [6.45, 7) is 6.01.